The van der Waals surface area contributed by atoms with Gasteiger partial charge in [0, 0.05) is 25.0 Å². The highest BCUT2D eigenvalue weighted by Crippen LogP contribution is 2.22. The third-order valence-electron chi connectivity index (χ3n) is 2.31. The second-order valence-corrected chi connectivity index (χ2v) is 5.24. The summed E-state index contributed by atoms with van der Waals surface area (Å²) in [6.07, 6.45) is 5.27. The van der Waals surface area contributed by atoms with Gasteiger partial charge >= 0.3 is 0 Å². The third-order valence-corrected chi connectivity index (χ3v) is 3.50. The van der Waals surface area contributed by atoms with Gasteiger partial charge in [0.15, 0.2) is 0 Å². The molecule has 0 bridgehead atoms. The highest BCUT2D eigenvalue weighted by atomic mass is 35.5. The zero-order valence-electron chi connectivity index (χ0n) is 8.61. The molecule has 0 saturated carbocycles. The zero-order chi connectivity index (χ0) is 10.7. The van der Waals surface area contributed by atoms with Crippen LogP contribution in [-0.4, -0.2) is 30.9 Å². The predicted molar refractivity (Wildman–Crippen MR) is 67.9 cm³/mol. The lowest BCUT2D eigenvalue weighted by Crippen LogP contribution is -2.30. The Morgan fingerprint density at radius 1 is 1.47 bits per heavy atom. The molecule has 0 radical (unpaired) electrons. The Labute approximate surface area is 98.9 Å². The first-order valence-corrected chi connectivity index (χ1v) is 6.14. The van der Waals surface area contributed by atoms with Crippen molar-refractivity contribution < 1.29 is 0 Å². The molecule has 4 heteroatoms. The summed E-state index contributed by atoms with van der Waals surface area (Å²) in [7, 11) is 2.07. The number of likely N-dealkylation sites (N-methyl/N-ethyl adjacent to an activating group) is 1. The van der Waals surface area contributed by atoms with Crippen LogP contribution in [0.1, 0.15) is 11.3 Å². The predicted octanol–water partition coefficient (Wildman–Crippen LogP) is 3.15. The number of hydrogen-bond donors (Lipinski definition) is 0. The SMILES string of the molecule is CN1CCCN=C1C=Cc1ccc(Cl)s1. The van der Waals surface area contributed by atoms with E-state index in [1.54, 1.807) is 11.3 Å². The highest BCUT2D eigenvalue weighted by molar-refractivity contribution is 7.17. The van der Waals surface area contributed by atoms with Gasteiger partial charge in [0.05, 0.1) is 4.34 Å². The smallest absolute Gasteiger partial charge is 0.123 e. The fourth-order valence-electron chi connectivity index (χ4n) is 1.49. The summed E-state index contributed by atoms with van der Waals surface area (Å²) in [4.78, 5) is 7.80. The topological polar surface area (TPSA) is 15.6 Å². The molecule has 0 unspecified atom stereocenters. The molecule has 1 aromatic heterocycles. The lowest BCUT2D eigenvalue weighted by Gasteiger charge is -2.22. The van der Waals surface area contributed by atoms with Crippen molar-refractivity contribution in [2.24, 2.45) is 4.99 Å². The Morgan fingerprint density at radius 3 is 3.00 bits per heavy atom. The van der Waals surface area contributed by atoms with Gasteiger partial charge in [-0.1, -0.05) is 11.6 Å². The van der Waals surface area contributed by atoms with Gasteiger partial charge in [-0.25, -0.2) is 0 Å². The first kappa shape index (κ1) is 10.7. The Bertz CT molecular complexity index is 395. The molecule has 0 spiro atoms. The maximum absolute atomic E-state index is 5.85. The van der Waals surface area contributed by atoms with Gasteiger partial charge in [-0.05, 0) is 30.7 Å². The van der Waals surface area contributed by atoms with E-state index >= 15 is 0 Å². The standard InChI is InChI=1S/C11H13ClN2S/c1-14-8-2-7-13-11(14)6-4-9-3-5-10(12)15-9/h3-6H,2,7-8H2,1H3. The van der Waals surface area contributed by atoms with Gasteiger partial charge in [0.2, 0.25) is 0 Å². The summed E-state index contributed by atoms with van der Waals surface area (Å²) in [5.74, 6) is 1.06. The summed E-state index contributed by atoms with van der Waals surface area (Å²) in [6, 6.07) is 3.94. The molecule has 0 saturated heterocycles. The Morgan fingerprint density at radius 2 is 2.33 bits per heavy atom. The van der Waals surface area contributed by atoms with Gasteiger partial charge in [0.25, 0.3) is 0 Å². The van der Waals surface area contributed by atoms with Crippen LogP contribution < -0.4 is 0 Å². The molecule has 80 valence electrons. The Kier molecular flexibility index (Phi) is 3.44. The van der Waals surface area contributed by atoms with Gasteiger partial charge in [-0.15, -0.1) is 11.3 Å². The summed E-state index contributed by atoms with van der Waals surface area (Å²) in [5.41, 5.74) is 0. The number of aliphatic imine (C=N–C) groups is 1. The normalized spacial score (nSPS) is 17.2. The lowest BCUT2D eigenvalue weighted by molar-refractivity contribution is 0.470. The minimum absolute atomic E-state index is 0.827. The molecule has 0 fully saturated rings. The quantitative estimate of drug-likeness (QED) is 0.776. The van der Waals surface area contributed by atoms with E-state index in [4.69, 9.17) is 11.6 Å². The molecular formula is C11H13ClN2S. The molecule has 0 aliphatic carbocycles. The first-order valence-electron chi connectivity index (χ1n) is 4.95. The zero-order valence-corrected chi connectivity index (χ0v) is 10.2. The van der Waals surface area contributed by atoms with E-state index < -0.39 is 0 Å². The van der Waals surface area contributed by atoms with Gasteiger partial charge < -0.3 is 4.90 Å². The molecule has 0 N–H and O–H groups in total. The summed E-state index contributed by atoms with van der Waals surface area (Å²) in [6.45, 7) is 2.03. The first-order chi connectivity index (χ1) is 7.25. The average Bonchev–Trinajstić information content (AvgIpc) is 2.63. The molecule has 2 nitrogen and oxygen atoms in total. The van der Waals surface area contributed by atoms with Crippen LogP contribution in [0.4, 0.5) is 0 Å². The minimum Gasteiger partial charge on any atom is -0.360 e. The van der Waals surface area contributed by atoms with Crippen LogP contribution in [0.25, 0.3) is 6.08 Å². The highest BCUT2D eigenvalue weighted by Gasteiger charge is 2.07. The van der Waals surface area contributed by atoms with E-state index in [0.29, 0.717) is 0 Å². The monoisotopic (exact) mass is 240 g/mol. The third kappa shape index (κ3) is 2.83. The van der Waals surface area contributed by atoms with Crippen molar-refractivity contribution in [2.45, 2.75) is 6.42 Å². The van der Waals surface area contributed by atoms with Crippen molar-refractivity contribution in [1.29, 1.82) is 0 Å². The van der Waals surface area contributed by atoms with E-state index in [1.807, 2.05) is 12.1 Å². The number of thiophene rings is 1. The van der Waals surface area contributed by atoms with Crippen molar-refractivity contribution in [3.05, 3.63) is 27.4 Å². The molecule has 0 aromatic carbocycles. The summed E-state index contributed by atoms with van der Waals surface area (Å²) < 4.78 is 0.827. The van der Waals surface area contributed by atoms with Crippen molar-refractivity contribution in [1.82, 2.24) is 4.90 Å². The van der Waals surface area contributed by atoms with Crippen LogP contribution in [-0.2, 0) is 0 Å². The summed E-state index contributed by atoms with van der Waals surface area (Å²) in [5, 5.41) is 0. The maximum Gasteiger partial charge on any atom is 0.123 e. The van der Waals surface area contributed by atoms with Crippen LogP contribution in [0.15, 0.2) is 23.2 Å². The average molecular weight is 241 g/mol. The van der Waals surface area contributed by atoms with Crippen molar-refractivity contribution in [2.75, 3.05) is 20.1 Å². The Balaban J connectivity index is 2.07. The lowest BCUT2D eigenvalue weighted by atomic mass is 10.3. The van der Waals surface area contributed by atoms with Gasteiger partial charge in [-0.3, -0.25) is 4.99 Å². The van der Waals surface area contributed by atoms with E-state index in [1.165, 1.54) is 4.88 Å². The van der Waals surface area contributed by atoms with Gasteiger partial charge in [0.1, 0.15) is 5.84 Å². The molecule has 1 aromatic rings. The number of halogens is 1. The fourth-order valence-corrected chi connectivity index (χ4v) is 2.45. The minimum atomic E-state index is 0.827. The molecule has 0 atom stereocenters. The number of rotatable bonds is 2. The van der Waals surface area contributed by atoms with Crippen LogP contribution >= 0.6 is 22.9 Å². The molecule has 15 heavy (non-hydrogen) atoms. The Hall–Kier alpha value is -0.800. The molecule has 1 aliphatic heterocycles. The fraction of sp³-hybridized carbons (Fsp3) is 0.364. The van der Waals surface area contributed by atoms with Crippen molar-refractivity contribution >= 4 is 34.8 Å². The number of amidine groups is 1. The van der Waals surface area contributed by atoms with Crippen molar-refractivity contribution in [3.8, 4) is 0 Å². The van der Waals surface area contributed by atoms with Gasteiger partial charge in [-0.2, -0.15) is 0 Å². The number of nitrogens with zero attached hydrogens (tertiary/aromatic N) is 2. The van der Waals surface area contributed by atoms with Crippen LogP contribution in [0.2, 0.25) is 4.34 Å². The van der Waals surface area contributed by atoms with E-state index in [9.17, 15) is 0 Å². The molecule has 2 heterocycles. The maximum atomic E-state index is 5.85. The second-order valence-electron chi connectivity index (χ2n) is 3.49. The molecule has 1 aliphatic rings. The number of hydrogen-bond acceptors (Lipinski definition) is 3. The largest absolute Gasteiger partial charge is 0.360 e. The van der Waals surface area contributed by atoms with Crippen LogP contribution in [0.5, 0.6) is 0 Å². The van der Waals surface area contributed by atoms with E-state index in [2.05, 4.69) is 29.1 Å². The second kappa shape index (κ2) is 4.81. The molecule has 2 rings (SSSR count). The van der Waals surface area contributed by atoms with E-state index in [-0.39, 0.29) is 0 Å². The molecular weight excluding hydrogens is 228 g/mol. The van der Waals surface area contributed by atoms with Crippen LogP contribution in [0.3, 0.4) is 0 Å². The summed E-state index contributed by atoms with van der Waals surface area (Å²) >= 11 is 7.44. The van der Waals surface area contributed by atoms with Crippen molar-refractivity contribution in [3.63, 3.8) is 0 Å². The van der Waals surface area contributed by atoms with Crippen LogP contribution in [0, 0.1) is 0 Å². The van der Waals surface area contributed by atoms with E-state index in [0.717, 1.165) is 29.7 Å². The molecule has 0 amide bonds.